The van der Waals surface area contributed by atoms with E-state index in [0.717, 1.165) is 25.1 Å². The zero-order valence-electron chi connectivity index (χ0n) is 12.0. The Morgan fingerprint density at radius 1 is 1.40 bits per heavy atom. The van der Waals surface area contributed by atoms with Gasteiger partial charge in [0.05, 0.1) is 16.7 Å². The Hall–Kier alpha value is -1.11. The molecule has 1 fully saturated rings. The number of hydrogen-bond donors (Lipinski definition) is 1. The van der Waals surface area contributed by atoms with E-state index in [-0.39, 0.29) is 12.1 Å². The van der Waals surface area contributed by atoms with Gasteiger partial charge in [0, 0.05) is 32.5 Å². The molecule has 0 aromatic heterocycles. The van der Waals surface area contributed by atoms with Crippen LogP contribution in [0.5, 0.6) is 0 Å². The molecule has 6 heteroatoms. The minimum absolute atomic E-state index is 0.108. The van der Waals surface area contributed by atoms with E-state index >= 15 is 0 Å². The fourth-order valence-electron chi connectivity index (χ4n) is 2.78. The molecule has 1 saturated heterocycles. The van der Waals surface area contributed by atoms with Crippen molar-refractivity contribution < 1.29 is 13.2 Å². The molecule has 20 heavy (non-hydrogen) atoms. The summed E-state index contributed by atoms with van der Waals surface area (Å²) in [4.78, 5) is 2.47. The lowest BCUT2D eigenvalue weighted by Gasteiger charge is -2.40. The maximum atomic E-state index is 11.9. The molecule has 0 bridgehead atoms. The van der Waals surface area contributed by atoms with Crippen LogP contribution in [0.2, 0.25) is 0 Å². The standard InChI is InChI=1S/C14H22N2O3S/c1-19-12-7-8-16(11(9-12)10-15)13-5-3-4-6-14(13)20(2,17)18/h3-6,11-12H,7-10,15H2,1-2H3. The van der Waals surface area contributed by atoms with Gasteiger partial charge in [-0.3, -0.25) is 0 Å². The van der Waals surface area contributed by atoms with Crippen molar-refractivity contribution in [1.82, 2.24) is 0 Å². The van der Waals surface area contributed by atoms with Crippen LogP contribution in [-0.4, -0.2) is 47.0 Å². The third kappa shape index (κ3) is 3.13. The lowest BCUT2D eigenvalue weighted by Crippen LogP contribution is -2.49. The molecule has 2 N–H and O–H groups in total. The molecule has 0 saturated carbocycles. The molecule has 5 nitrogen and oxygen atoms in total. The van der Waals surface area contributed by atoms with Crippen LogP contribution < -0.4 is 10.6 Å². The van der Waals surface area contributed by atoms with Gasteiger partial charge in [0.2, 0.25) is 0 Å². The summed E-state index contributed by atoms with van der Waals surface area (Å²) in [6.45, 7) is 1.24. The number of benzene rings is 1. The van der Waals surface area contributed by atoms with Gasteiger partial charge in [0.1, 0.15) is 0 Å². The van der Waals surface area contributed by atoms with Gasteiger partial charge in [-0.2, -0.15) is 0 Å². The maximum absolute atomic E-state index is 11.9. The second kappa shape index (κ2) is 6.11. The lowest BCUT2D eigenvalue weighted by atomic mass is 9.98. The molecular formula is C14H22N2O3S. The summed E-state index contributed by atoms with van der Waals surface area (Å²) in [7, 11) is -1.54. The van der Waals surface area contributed by atoms with Crippen LogP contribution >= 0.6 is 0 Å². The predicted octanol–water partition coefficient (Wildman–Crippen LogP) is 1.03. The molecule has 1 aliphatic rings. The quantitative estimate of drug-likeness (QED) is 0.899. The highest BCUT2D eigenvalue weighted by atomic mass is 32.2. The van der Waals surface area contributed by atoms with Crippen LogP contribution in [-0.2, 0) is 14.6 Å². The third-order valence-electron chi connectivity index (χ3n) is 3.85. The Labute approximate surface area is 120 Å². The van der Waals surface area contributed by atoms with Gasteiger partial charge in [-0.15, -0.1) is 0 Å². The zero-order chi connectivity index (χ0) is 14.8. The Morgan fingerprint density at radius 3 is 2.70 bits per heavy atom. The smallest absolute Gasteiger partial charge is 0.177 e. The SMILES string of the molecule is COC1CCN(c2ccccc2S(C)(=O)=O)C(CN)C1. The van der Waals surface area contributed by atoms with Crippen LogP contribution in [0.3, 0.4) is 0 Å². The molecule has 0 radical (unpaired) electrons. The van der Waals surface area contributed by atoms with Crippen molar-refractivity contribution in [2.24, 2.45) is 5.73 Å². The summed E-state index contributed by atoms with van der Waals surface area (Å²) >= 11 is 0. The first-order chi connectivity index (χ1) is 9.47. The van der Waals surface area contributed by atoms with Gasteiger partial charge in [0.25, 0.3) is 0 Å². The number of sulfone groups is 1. The van der Waals surface area contributed by atoms with E-state index in [2.05, 4.69) is 4.90 Å². The van der Waals surface area contributed by atoms with Crippen molar-refractivity contribution in [3.63, 3.8) is 0 Å². The monoisotopic (exact) mass is 298 g/mol. The highest BCUT2D eigenvalue weighted by Gasteiger charge is 2.30. The number of nitrogens with two attached hydrogens (primary N) is 1. The van der Waals surface area contributed by atoms with Crippen molar-refractivity contribution in [2.45, 2.75) is 29.9 Å². The van der Waals surface area contributed by atoms with Gasteiger partial charge in [-0.25, -0.2) is 8.42 Å². The first-order valence-electron chi connectivity index (χ1n) is 6.76. The Kier molecular flexibility index (Phi) is 4.67. The Morgan fingerprint density at radius 2 is 2.10 bits per heavy atom. The van der Waals surface area contributed by atoms with Gasteiger partial charge in [-0.05, 0) is 25.0 Å². The first kappa shape index (κ1) is 15.3. The first-order valence-corrected chi connectivity index (χ1v) is 8.65. The van der Waals surface area contributed by atoms with E-state index in [4.69, 9.17) is 10.5 Å². The molecule has 1 heterocycles. The summed E-state index contributed by atoms with van der Waals surface area (Å²) in [6, 6.07) is 7.23. The molecule has 112 valence electrons. The van der Waals surface area contributed by atoms with Crippen LogP contribution in [0.1, 0.15) is 12.8 Å². The maximum Gasteiger partial charge on any atom is 0.177 e. The Balaban J connectivity index is 2.36. The molecular weight excluding hydrogens is 276 g/mol. The summed E-state index contributed by atoms with van der Waals surface area (Å²) in [6.07, 6.45) is 3.15. The molecule has 0 spiro atoms. The van der Waals surface area contributed by atoms with E-state index in [9.17, 15) is 8.42 Å². The molecule has 0 aliphatic carbocycles. The summed E-state index contributed by atoms with van der Waals surface area (Å²) in [5.74, 6) is 0. The largest absolute Gasteiger partial charge is 0.381 e. The number of ether oxygens (including phenoxy) is 1. The van der Waals surface area contributed by atoms with E-state index in [0.29, 0.717) is 11.4 Å². The summed E-state index contributed by atoms with van der Waals surface area (Å²) in [5.41, 5.74) is 6.61. The minimum atomic E-state index is -3.25. The fourth-order valence-corrected chi connectivity index (χ4v) is 3.67. The van der Waals surface area contributed by atoms with Gasteiger partial charge < -0.3 is 15.4 Å². The normalized spacial score (nSPS) is 23.9. The van der Waals surface area contributed by atoms with E-state index < -0.39 is 9.84 Å². The average Bonchev–Trinajstić information content (AvgIpc) is 2.45. The highest BCUT2D eigenvalue weighted by molar-refractivity contribution is 7.90. The molecule has 0 amide bonds. The summed E-state index contributed by atoms with van der Waals surface area (Å²) in [5, 5.41) is 0. The molecule has 2 unspecified atom stereocenters. The van der Waals surface area contributed by atoms with Gasteiger partial charge in [-0.1, -0.05) is 12.1 Å². The number of nitrogens with zero attached hydrogens (tertiary/aromatic N) is 1. The average molecular weight is 298 g/mol. The van der Waals surface area contributed by atoms with Crippen molar-refractivity contribution in [3.05, 3.63) is 24.3 Å². The van der Waals surface area contributed by atoms with Crippen molar-refractivity contribution in [1.29, 1.82) is 0 Å². The van der Waals surface area contributed by atoms with Crippen LogP contribution in [0.15, 0.2) is 29.2 Å². The van der Waals surface area contributed by atoms with E-state index in [1.54, 1.807) is 19.2 Å². The molecule has 1 aromatic carbocycles. The molecule has 2 atom stereocenters. The van der Waals surface area contributed by atoms with E-state index in [1.807, 2.05) is 12.1 Å². The molecule has 1 aromatic rings. The summed E-state index contributed by atoms with van der Waals surface area (Å²) < 4.78 is 29.3. The number of rotatable bonds is 4. The second-order valence-electron chi connectivity index (χ2n) is 5.20. The Bertz CT molecular complexity index is 559. The lowest BCUT2D eigenvalue weighted by molar-refractivity contribution is 0.0708. The zero-order valence-corrected chi connectivity index (χ0v) is 12.8. The topological polar surface area (TPSA) is 72.6 Å². The number of methoxy groups -OCH3 is 1. The number of hydrogen-bond acceptors (Lipinski definition) is 5. The fraction of sp³-hybridized carbons (Fsp3) is 0.571. The van der Waals surface area contributed by atoms with Crippen molar-refractivity contribution in [3.8, 4) is 0 Å². The van der Waals surface area contributed by atoms with Crippen LogP contribution in [0.25, 0.3) is 0 Å². The van der Waals surface area contributed by atoms with E-state index in [1.165, 1.54) is 6.26 Å². The van der Waals surface area contributed by atoms with Crippen LogP contribution in [0, 0.1) is 0 Å². The number of anilines is 1. The van der Waals surface area contributed by atoms with Crippen molar-refractivity contribution >= 4 is 15.5 Å². The highest BCUT2D eigenvalue weighted by Crippen LogP contribution is 2.31. The van der Waals surface area contributed by atoms with Gasteiger partial charge >= 0.3 is 0 Å². The molecule has 1 aliphatic heterocycles. The molecule has 2 rings (SSSR count). The van der Waals surface area contributed by atoms with Gasteiger partial charge in [0.15, 0.2) is 9.84 Å². The van der Waals surface area contributed by atoms with Crippen molar-refractivity contribution in [2.75, 3.05) is 31.4 Å². The third-order valence-corrected chi connectivity index (χ3v) is 4.99. The minimum Gasteiger partial charge on any atom is -0.381 e. The second-order valence-corrected chi connectivity index (χ2v) is 7.19. The number of piperidine rings is 1. The number of para-hydroxylation sites is 1. The van der Waals surface area contributed by atoms with Crippen LogP contribution in [0.4, 0.5) is 5.69 Å². The predicted molar refractivity (Wildman–Crippen MR) is 79.8 cm³/mol.